The van der Waals surface area contributed by atoms with Crippen molar-refractivity contribution in [1.82, 2.24) is 4.98 Å². The molecule has 0 radical (unpaired) electrons. The molecule has 0 aliphatic heterocycles. The summed E-state index contributed by atoms with van der Waals surface area (Å²) in [5.74, 6) is -0.441. The van der Waals surface area contributed by atoms with Crippen LogP contribution >= 0.6 is 11.3 Å². The number of nitrogens with two attached hydrogens (primary N) is 1. The topological polar surface area (TPSA) is 91.5 Å². The molecule has 1 amide bonds. The summed E-state index contributed by atoms with van der Waals surface area (Å²) in [5.41, 5.74) is 7.54. The second-order valence-electron chi connectivity index (χ2n) is 5.82. The smallest absolute Gasteiger partial charge is 0.338 e. The Morgan fingerprint density at radius 3 is 2.59 bits per heavy atom. The summed E-state index contributed by atoms with van der Waals surface area (Å²) in [6, 6.07) is 13.4. The third-order valence-corrected chi connectivity index (χ3v) is 4.53. The first-order valence-electron chi connectivity index (χ1n) is 8.21. The van der Waals surface area contributed by atoms with Gasteiger partial charge in [0.1, 0.15) is 19.0 Å². The van der Waals surface area contributed by atoms with Gasteiger partial charge in [0.25, 0.3) is 0 Å². The van der Waals surface area contributed by atoms with E-state index in [1.807, 2.05) is 12.3 Å². The van der Waals surface area contributed by atoms with Crippen LogP contribution in [0.5, 0.6) is 5.75 Å². The molecule has 27 heavy (non-hydrogen) atoms. The third-order valence-electron chi connectivity index (χ3n) is 3.70. The van der Waals surface area contributed by atoms with Crippen molar-refractivity contribution in [2.75, 3.05) is 0 Å². The molecule has 0 bridgehead atoms. The predicted molar refractivity (Wildman–Crippen MR) is 102 cm³/mol. The monoisotopic (exact) mass is 382 g/mol. The van der Waals surface area contributed by atoms with Gasteiger partial charge in [0, 0.05) is 10.9 Å². The third kappa shape index (κ3) is 5.15. The van der Waals surface area contributed by atoms with Crippen LogP contribution in [0.4, 0.5) is 0 Å². The van der Waals surface area contributed by atoms with Gasteiger partial charge in [-0.2, -0.15) is 0 Å². The van der Waals surface area contributed by atoms with Gasteiger partial charge in [-0.3, -0.25) is 4.79 Å². The average Bonchev–Trinajstić information content (AvgIpc) is 3.10. The molecule has 0 aliphatic rings. The van der Waals surface area contributed by atoms with E-state index in [1.165, 1.54) is 0 Å². The van der Waals surface area contributed by atoms with Gasteiger partial charge in [-0.25, -0.2) is 9.78 Å². The Balaban J connectivity index is 1.59. The fourth-order valence-corrected chi connectivity index (χ4v) is 2.99. The maximum absolute atomic E-state index is 12.3. The van der Waals surface area contributed by atoms with Crippen LogP contribution in [-0.2, 0) is 18.0 Å². The number of aromatic nitrogens is 1. The molecule has 1 heterocycles. The minimum absolute atomic E-state index is 0.0448. The highest BCUT2D eigenvalue weighted by Gasteiger charge is 2.10. The molecule has 0 fully saturated rings. The number of rotatable bonds is 7. The van der Waals surface area contributed by atoms with Crippen molar-refractivity contribution in [3.8, 4) is 5.75 Å². The SMILES string of the molecule is Cc1nc(COc2cccc(C(=O)OCc3cccc(C(N)=O)c3)c2)cs1. The largest absolute Gasteiger partial charge is 0.487 e. The van der Waals surface area contributed by atoms with Gasteiger partial charge in [-0.05, 0) is 42.8 Å². The van der Waals surface area contributed by atoms with Crippen LogP contribution in [0.15, 0.2) is 53.9 Å². The number of nitrogens with zero attached hydrogens (tertiary/aromatic N) is 1. The van der Waals surface area contributed by atoms with Crippen molar-refractivity contribution < 1.29 is 19.1 Å². The van der Waals surface area contributed by atoms with Crippen molar-refractivity contribution in [1.29, 1.82) is 0 Å². The zero-order valence-electron chi connectivity index (χ0n) is 14.7. The van der Waals surface area contributed by atoms with Crippen LogP contribution in [0.25, 0.3) is 0 Å². The lowest BCUT2D eigenvalue weighted by atomic mass is 10.1. The molecule has 7 heteroatoms. The molecular formula is C20H18N2O4S. The van der Waals surface area contributed by atoms with Crippen LogP contribution in [0.1, 0.15) is 37.0 Å². The number of esters is 1. The van der Waals surface area contributed by atoms with Gasteiger partial charge in [-0.1, -0.05) is 18.2 Å². The zero-order chi connectivity index (χ0) is 19.2. The second-order valence-corrected chi connectivity index (χ2v) is 6.88. The molecule has 0 saturated heterocycles. The van der Waals surface area contributed by atoms with Gasteiger partial charge >= 0.3 is 5.97 Å². The molecule has 0 saturated carbocycles. The first-order chi connectivity index (χ1) is 13.0. The lowest BCUT2D eigenvalue weighted by molar-refractivity contribution is 0.0472. The Hall–Kier alpha value is -3.19. The summed E-state index contributed by atoms with van der Waals surface area (Å²) >= 11 is 1.56. The van der Waals surface area contributed by atoms with E-state index in [-0.39, 0.29) is 6.61 Å². The summed E-state index contributed by atoms with van der Waals surface area (Å²) in [6.45, 7) is 2.32. The normalized spacial score (nSPS) is 10.4. The minimum Gasteiger partial charge on any atom is -0.487 e. The van der Waals surface area contributed by atoms with E-state index in [9.17, 15) is 9.59 Å². The van der Waals surface area contributed by atoms with Crippen LogP contribution < -0.4 is 10.5 Å². The number of primary amides is 1. The maximum atomic E-state index is 12.3. The molecule has 0 unspecified atom stereocenters. The van der Waals surface area contributed by atoms with Crippen molar-refractivity contribution in [3.63, 3.8) is 0 Å². The number of amides is 1. The molecule has 138 valence electrons. The van der Waals surface area contributed by atoms with Crippen molar-refractivity contribution >= 4 is 23.2 Å². The minimum atomic E-state index is -0.525. The Morgan fingerprint density at radius 2 is 1.85 bits per heavy atom. The first-order valence-corrected chi connectivity index (χ1v) is 9.09. The highest BCUT2D eigenvalue weighted by molar-refractivity contribution is 7.09. The van der Waals surface area contributed by atoms with Gasteiger partial charge in [0.05, 0.1) is 16.3 Å². The van der Waals surface area contributed by atoms with Crippen LogP contribution in [-0.4, -0.2) is 16.9 Å². The van der Waals surface area contributed by atoms with E-state index in [0.717, 1.165) is 10.7 Å². The van der Waals surface area contributed by atoms with Gasteiger partial charge < -0.3 is 15.2 Å². The zero-order valence-corrected chi connectivity index (χ0v) is 15.5. The fraction of sp³-hybridized carbons (Fsp3) is 0.150. The van der Waals surface area contributed by atoms with Crippen molar-refractivity contribution in [2.45, 2.75) is 20.1 Å². The standard InChI is InChI=1S/C20H18N2O4S/c1-13-22-17(12-27-13)11-25-18-7-3-6-16(9-18)20(24)26-10-14-4-2-5-15(8-14)19(21)23/h2-9,12H,10-11H2,1H3,(H2,21,23). The Kier molecular flexibility index (Phi) is 5.83. The highest BCUT2D eigenvalue weighted by atomic mass is 32.1. The van der Waals surface area contributed by atoms with E-state index in [1.54, 1.807) is 59.9 Å². The van der Waals surface area contributed by atoms with Crippen LogP contribution in [0.3, 0.4) is 0 Å². The van der Waals surface area contributed by atoms with E-state index in [0.29, 0.717) is 29.0 Å². The highest BCUT2D eigenvalue weighted by Crippen LogP contribution is 2.17. The molecule has 0 aliphatic carbocycles. The first kappa shape index (κ1) is 18.6. The van der Waals surface area contributed by atoms with Gasteiger partial charge in [-0.15, -0.1) is 11.3 Å². The van der Waals surface area contributed by atoms with E-state index >= 15 is 0 Å². The van der Waals surface area contributed by atoms with E-state index < -0.39 is 11.9 Å². The predicted octanol–water partition coefficient (Wildman–Crippen LogP) is 3.49. The summed E-state index contributed by atoms with van der Waals surface area (Å²) in [7, 11) is 0. The Bertz CT molecular complexity index is 968. The summed E-state index contributed by atoms with van der Waals surface area (Å²) in [6.07, 6.45) is 0. The molecule has 2 aromatic carbocycles. The number of hydrogen-bond acceptors (Lipinski definition) is 6. The van der Waals surface area contributed by atoms with Crippen LogP contribution in [0, 0.1) is 6.92 Å². The van der Waals surface area contributed by atoms with Gasteiger partial charge in [0.2, 0.25) is 5.91 Å². The van der Waals surface area contributed by atoms with Crippen LogP contribution in [0.2, 0.25) is 0 Å². The second kappa shape index (κ2) is 8.46. The molecule has 0 spiro atoms. The molecule has 3 rings (SSSR count). The molecule has 6 nitrogen and oxygen atoms in total. The fourth-order valence-electron chi connectivity index (χ4n) is 2.39. The number of ether oxygens (including phenoxy) is 2. The number of carbonyl (C=O) groups is 2. The molecule has 0 atom stereocenters. The molecule has 1 aromatic heterocycles. The lowest BCUT2D eigenvalue weighted by Crippen LogP contribution is -2.11. The Labute approximate surface area is 160 Å². The van der Waals surface area contributed by atoms with Crippen molar-refractivity contribution in [3.05, 3.63) is 81.3 Å². The number of thiazole rings is 1. The lowest BCUT2D eigenvalue weighted by Gasteiger charge is -2.08. The number of carbonyl (C=O) groups excluding carboxylic acids is 2. The molecule has 2 N–H and O–H groups in total. The van der Waals surface area contributed by atoms with E-state index in [4.69, 9.17) is 15.2 Å². The number of hydrogen-bond donors (Lipinski definition) is 1. The van der Waals surface area contributed by atoms with Crippen molar-refractivity contribution in [2.24, 2.45) is 5.73 Å². The summed E-state index contributed by atoms with van der Waals surface area (Å²) in [4.78, 5) is 27.8. The maximum Gasteiger partial charge on any atom is 0.338 e. The number of aryl methyl sites for hydroxylation is 1. The number of benzene rings is 2. The molecule has 3 aromatic rings. The van der Waals surface area contributed by atoms with E-state index in [2.05, 4.69) is 4.98 Å². The quantitative estimate of drug-likeness (QED) is 0.632. The summed E-state index contributed by atoms with van der Waals surface area (Å²) in [5, 5.41) is 2.92. The van der Waals surface area contributed by atoms with Gasteiger partial charge in [0.15, 0.2) is 0 Å². The molecular weight excluding hydrogens is 364 g/mol. The summed E-state index contributed by atoms with van der Waals surface area (Å²) < 4.78 is 11.0. The Morgan fingerprint density at radius 1 is 1.07 bits per heavy atom. The average molecular weight is 382 g/mol.